The molecule has 16 heavy (non-hydrogen) atoms. The zero-order valence-corrected chi connectivity index (χ0v) is 10.2. The molecule has 2 rings (SSSR count). The number of fused-ring (bicyclic) bond motifs is 1. The summed E-state index contributed by atoms with van der Waals surface area (Å²) >= 11 is 4.42. The molecule has 0 bridgehead atoms. The third-order valence-electron chi connectivity index (χ3n) is 2.17. The smallest absolute Gasteiger partial charge is 0.379 e. The van der Waals surface area contributed by atoms with E-state index in [9.17, 15) is 18.3 Å². The van der Waals surface area contributed by atoms with Gasteiger partial charge in [0.05, 0.1) is 0 Å². The van der Waals surface area contributed by atoms with Gasteiger partial charge < -0.3 is 5.11 Å². The van der Waals surface area contributed by atoms with Crippen LogP contribution in [0.2, 0.25) is 0 Å². The van der Waals surface area contributed by atoms with Crippen LogP contribution in [0.3, 0.4) is 0 Å². The van der Waals surface area contributed by atoms with Gasteiger partial charge in [0.2, 0.25) is 0 Å². The molecule has 0 saturated carbocycles. The fourth-order valence-electron chi connectivity index (χ4n) is 1.41. The van der Waals surface area contributed by atoms with Crippen LogP contribution in [-0.4, -0.2) is 11.3 Å². The summed E-state index contributed by atoms with van der Waals surface area (Å²) in [5.74, 6) is 0. The van der Waals surface area contributed by atoms with E-state index in [1.54, 1.807) is 18.2 Å². The summed E-state index contributed by atoms with van der Waals surface area (Å²) in [7, 11) is 0. The molecule has 2 aromatic rings. The van der Waals surface area contributed by atoms with Crippen molar-refractivity contribution in [3.05, 3.63) is 33.6 Å². The number of hydrogen-bond acceptors (Lipinski definition) is 2. The van der Waals surface area contributed by atoms with E-state index in [1.165, 1.54) is 16.7 Å². The topological polar surface area (TPSA) is 20.2 Å². The number of aliphatic hydroxyl groups excluding tert-OH is 1. The lowest BCUT2D eigenvalue weighted by atomic mass is 10.1. The number of benzene rings is 1. The summed E-state index contributed by atoms with van der Waals surface area (Å²) in [5.41, 5.74) is -0.0833. The highest BCUT2D eigenvalue weighted by Gasteiger charge is 2.40. The summed E-state index contributed by atoms with van der Waals surface area (Å²) in [4.78, 5) is 0. The first-order valence-electron chi connectivity index (χ1n) is 4.31. The van der Waals surface area contributed by atoms with Gasteiger partial charge in [-0.2, -0.15) is 13.2 Å². The van der Waals surface area contributed by atoms with Gasteiger partial charge in [-0.05, 0) is 22.9 Å². The minimum absolute atomic E-state index is 0.0833. The third kappa shape index (κ3) is 2.09. The highest BCUT2D eigenvalue weighted by atomic mass is 79.9. The number of halogens is 4. The predicted octanol–water partition coefficient (Wildman–Crippen LogP) is 4.26. The van der Waals surface area contributed by atoms with E-state index in [0.717, 1.165) is 4.47 Å². The molecule has 0 fully saturated rings. The number of hydrogen-bond donors (Lipinski definition) is 1. The molecule has 0 saturated heterocycles. The molecule has 0 aliphatic heterocycles. The van der Waals surface area contributed by atoms with Crippen molar-refractivity contribution in [3.63, 3.8) is 0 Å². The van der Waals surface area contributed by atoms with Crippen LogP contribution >= 0.6 is 27.3 Å². The Bertz CT molecular complexity index is 520. The summed E-state index contributed by atoms with van der Waals surface area (Å²) < 4.78 is 38.6. The van der Waals surface area contributed by atoms with E-state index < -0.39 is 12.3 Å². The number of rotatable bonds is 1. The lowest BCUT2D eigenvalue weighted by molar-refractivity contribution is -0.206. The Hall–Kier alpha value is -0.590. The second-order valence-corrected chi connectivity index (χ2v) is 5.10. The van der Waals surface area contributed by atoms with Crippen molar-refractivity contribution < 1.29 is 18.3 Å². The van der Waals surface area contributed by atoms with Gasteiger partial charge in [-0.25, -0.2) is 0 Å². The van der Waals surface area contributed by atoms with Crippen LogP contribution in [-0.2, 0) is 0 Å². The molecule has 0 radical (unpaired) electrons. The fraction of sp³-hybridized carbons (Fsp3) is 0.200. The minimum Gasteiger partial charge on any atom is -0.379 e. The van der Waals surface area contributed by atoms with Crippen LogP contribution in [0.4, 0.5) is 13.2 Å². The van der Waals surface area contributed by atoms with Crippen LogP contribution in [0.25, 0.3) is 10.1 Å². The van der Waals surface area contributed by atoms with Crippen LogP contribution in [0.1, 0.15) is 11.7 Å². The molecule has 1 N–H and O–H groups in total. The van der Waals surface area contributed by atoms with Crippen LogP contribution in [0.15, 0.2) is 28.1 Å². The third-order valence-corrected chi connectivity index (χ3v) is 3.63. The summed E-state index contributed by atoms with van der Waals surface area (Å²) in [6.45, 7) is 0. The zero-order chi connectivity index (χ0) is 11.9. The first-order valence-corrected chi connectivity index (χ1v) is 5.98. The Balaban J connectivity index is 2.54. The largest absolute Gasteiger partial charge is 0.418 e. The average Bonchev–Trinajstić information content (AvgIpc) is 2.57. The number of aliphatic hydroxyl groups is 1. The second-order valence-electron chi connectivity index (χ2n) is 3.28. The molecule has 1 atom stereocenters. The van der Waals surface area contributed by atoms with Crippen molar-refractivity contribution >= 4 is 37.4 Å². The minimum atomic E-state index is -4.62. The maximum absolute atomic E-state index is 12.4. The highest BCUT2D eigenvalue weighted by Crippen LogP contribution is 2.39. The van der Waals surface area contributed by atoms with E-state index in [4.69, 9.17) is 0 Å². The molecule has 6 heteroatoms. The summed E-state index contributed by atoms with van der Waals surface area (Å²) in [6.07, 6.45) is -7.04. The van der Waals surface area contributed by atoms with Gasteiger partial charge in [0, 0.05) is 14.7 Å². The Kier molecular flexibility index (Phi) is 2.98. The first kappa shape index (κ1) is 11.9. The van der Waals surface area contributed by atoms with Crippen LogP contribution < -0.4 is 0 Å². The van der Waals surface area contributed by atoms with Gasteiger partial charge >= 0.3 is 6.18 Å². The molecule has 0 aliphatic rings. The SMILES string of the molecule is O[C@H](c1csc2cc(Br)ccc12)C(F)(F)F. The van der Waals surface area contributed by atoms with Gasteiger partial charge in [-0.3, -0.25) is 0 Å². The van der Waals surface area contributed by atoms with Gasteiger partial charge in [0.25, 0.3) is 0 Å². The molecule has 0 spiro atoms. The van der Waals surface area contributed by atoms with Crippen LogP contribution in [0, 0.1) is 0 Å². The van der Waals surface area contributed by atoms with E-state index >= 15 is 0 Å². The van der Waals surface area contributed by atoms with Crippen molar-refractivity contribution in [2.75, 3.05) is 0 Å². The fourth-order valence-corrected chi connectivity index (χ4v) is 2.94. The van der Waals surface area contributed by atoms with Gasteiger partial charge in [-0.15, -0.1) is 11.3 Å². The van der Waals surface area contributed by atoms with Crippen molar-refractivity contribution in [3.8, 4) is 0 Å². The normalized spacial score (nSPS) is 14.3. The predicted molar refractivity (Wildman–Crippen MR) is 60.5 cm³/mol. The first-order chi connectivity index (χ1) is 7.39. The Morgan fingerprint density at radius 2 is 2.00 bits per heavy atom. The molecular formula is C10H6BrF3OS. The number of thiophene rings is 1. The molecule has 0 aliphatic carbocycles. The Morgan fingerprint density at radius 1 is 1.31 bits per heavy atom. The van der Waals surface area contributed by atoms with Gasteiger partial charge in [0.15, 0.2) is 6.10 Å². The lowest BCUT2D eigenvalue weighted by Gasteiger charge is -2.13. The summed E-state index contributed by atoms with van der Waals surface area (Å²) in [5, 5.41) is 11.0. The van der Waals surface area contributed by atoms with Crippen molar-refractivity contribution in [2.24, 2.45) is 0 Å². The molecule has 1 nitrogen and oxygen atoms in total. The van der Waals surface area contributed by atoms with Gasteiger partial charge in [0.1, 0.15) is 0 Å². The molecule has 86 valence electrons. The number of alkyl halides is 3. The quantitative estimate of drug-likeness (QED) is 0.834. The van der Waals surface area contributed by atoms with Crippen molar-refractivity contribution in [1.29, 1.82) is 0 Å². The van der Waals surface area contributed by atoms with Gasteiger partial charge in [-0.1, -0.05) is 22.0 Å². The maximum Gasteiger partial charge on any atom is 0.418 e. The molecule has 1 heterocycles. The average molecular weight is 311 g/mol. The lowest BCUT2D eigenvalue weighted by Crippen LogP contribution is -2.19. The Labute approximate surface area is 102 Å². The molecule has 1 aromatic heterocycles. The Morgan fingerprint density at radius 3 is 2.62 bits per heavy atom. The van der Waals surface area contributed by atoms with Crippen LogP contribution in [0.5, 0.6) is 0 Å². The van der Waals surface area contributed by atoms with E-state index in [1.807, 2.05) is 0 Å². The van der Waals surface area contributed by atoms with Crippen molar-refractivity contribution in [2.45, 2.75) is 12.3 Å². The van der Waals surface area contributed by atoms with E-state index in [2.05, 4.69) is 15.9 Å². The summed E-state index contributed by atoms with van der Waals surface area (Å²) in [6, 6.07) is 4.95. The van der Waals surface area contributed by atoms with Crippen molar-refractivity contribution in [1.82, 2.24) is 0 Å². The zero-order valence-electron chi connectivity index (χ0n) is 7.75. The molecule has 0 unspecified atom stereocenters. The second kappa shape index (κ2) is 4.01. The monoisotopic (exact) mass is 310 g/mol. The van der Waals surface area contributed by atoms with E-state index in [-0.39, 0.29) is 5.56 Å². The molecule has 0 amide bonds. The van der Waals surface area contributed by atoms with E-state index in [0.29, 0.717) is 10.1 Å². The highest BCUT2D eigenvalue weighted by molar-refractivity contribution is 9.10. The standard InChI is InChI=1S/C10H6BrF3OS/c11-5-1-2-6-7(4-16-8(6)3-5)9(15)10(12,13)14/h1-4,9,15H/t9-/m1/s1. The molecular weight excluding hydrogens is 305 g/mol. The maximum atomic E-state index is 12.4. The molecule has 1 aromatic carbocycles.